The summed E-state index contributed by atoms with van der Waals surface area (Å²) < 4.78 is 7.26. The van der Waals surface area contributed by atoms with Crippen molar-refractivity contribution in [2.24, 2.45) is 11.8 Å². The lowest BCUT2D eigenvalue weighted by Gasteiger charge is -2.42. The summed E-state index contributed by atoms with van der Waals surface area (Å²) in [4.78, 5) is 0. The van der Waals surface area contributed by atoms with E-state index in [1.54, 1.807) is 0 Å². The Kier molecular flexibility index (Phi) is 4.45. The maximum absolute atomic E-state index is 7.26. The molecule has 2 aromatic rings. The quantitative estimate of drug-likeness (QED) is 0.625. The highest BCUT2D eigenvalue weighted by atomic mass is 16.5. The fraction of sp³-hybridized carbons (Fsp3) is 0.500. The fourth-order valence-electron chi connectivity index (χ4n) is 5.18. The molecule has 0 radical (unpaired) electrons. The van der Waals surface area contributed by atoms with Gasteiger partial charge in [0.05, 0.1) is 11.2 Å². The van der Waals surface area contributed by atoms with E-state index in [0.29, 0.717) is 0 Å². The first-order valence-corrected chi connectivity index (χ1v) is 9.93. The standard InChI is InChI=1S/C24H30O/c1-19-13-15-23(17-19,21-9-5-3-6-10-21)25-24(16-14-20(2)18-24)22-11-7-4-8-12-22/h3-12,19-20H,13-18H2,1-2H3. The van der Waals surface area contributed by atoms with E-state index in [4.69, 9.17) is 4.74 Å². The highest BCUT2D eigenvalue weighted by Crippen LogP contribution is 2.54. The second-order valence-corrected chi connectivity index (χ2v) is 8.52. The van der Waals surface area contributed by atoms with Gasteiger partial charge in [0.2, 0.25) is 0 Å². The average molecular weight is 335 g/mol. The molecule has 0 aromatic heterocycles. The average Bonchev–Trinajstić information content (AvgIpc) is 3.21. The Labute approximate surface area is 152 Å². The minimum atomic E-state index is -0.124. The molecule has 25 heavy (non-hydrogen) atoms. The van der Waals surface area contributed by atoms with Gasteiger partial charge in [0.1, 0.15) is 0 Å². The third-order valence-corrected chi connectivity index (χ3v) is 6.43. The summed E-state index contributed by atoms with van der Waals surface area (Å²) in [5, 5.41) is 0. The third-order valence-electron chi connectivity index (χ3n) is 6.43. The second kappa shape index (κ2) is 6.61. The molecule has 132 valence electrons. The van der Waals surface area contributed by atoms with Crippen LogP contribution in [0, 0.1) is 11.8 Å². The molecule has 4 unspecified atom stereocenters. The third kappa shape index (κ3) is 3.15. The first-order valence-electron chi connectivity index (χ1n) is 9.93. The smallest absolute Gasteiger partial charge is 0.0946 e. The van der Waals surface area contributed by atoms with Crippen LogP contribution in [0.25, 0.3) is 0 Å². The minimum absolute atomic E-state index is 0.124. The van der Waals surface area contributed by atoms with E-state index in [1.807, 2.05) is 0 Å². The van der Waals surface area contributed by atoms with Crippen LogP contribution in [-0.2, 0) is 15.9 Å². The van der Waals surface area contributed by atoms with Crippen molar-refractivity contribution in [3.63, 3.8) is 0 Å². The molecule has 2 aliphatic carbocycles. The topological polar surface area (TPSA) is 9.23 Å². The highest BCUT2D eigenvalue weighted by molar-refractivity contribution is 5.28. The van der Waals surface area contributed by atoms with E-state index in [1.165, 1.54) is 24.0 Å². The van der Waals surface area contributed by atoms with Gasteiger partial charge in [-0.15, -0.1) is 0 Å². The molecule has 0 saturated heterocycles. The van der Waals surface area contributed by atoms with Gasteiger partial charge >= 0.3 is 0 Å². The van der Waals surface area contributed by atoms with Gasteiger partial charge in [-0.3, -0.25) is 0 Å². The molecule has 0 heterocycles. The zero-order valence-corrected chi connectivity index (χ0v) is 15.6. The lowest BCUT2D eigenvalue weighted by atomic mass is 9.85. The maximum Gasteiger partial charge on any atom is 0.0946 e. The molecule has 4 atom stereocenters. The van der Waals surface area contributed by atoms with Crippen LogP contribution < -0.4 is 0 Å². The molecule has 0 bridgehead atoms. The summed E-state index contributed by atoms with van der Waals surface area (Å²) in [7, 11) is 0. The summed E-state index contributed by atoms with van der Waals surface area (Å²) >= 11 is 0. The molecule has 2 aromatic carbocycles. The van der Waals surface area contributed by atoms with Crippen molar-refractivity contribution in [1.29, 1.82) is 0 Å². The van der Waals surface area contributed by atoms with E-state index >= 15 is 0 Å². The van der Waals surface area contributed by atoms with Crippen molar-refractivity contribution in [2.45, 2.75) is 63.6 Å². The van der Waals surface area contributed by atoms with Crippen molar-refractivity contribution in [3.05, 3.63) is 71.8 Å². The Hall–Kier alpha value is -1.60. The van der Waals surface area contributed by atoms with Crippen LogP contribution in [-0.4, -0.2) is 0 Å². The number of benzene rings is 2. The van der Waals surface area contributed by atoms with Crippen LogP contribution in [0.15, 0.2) is 60.7 Å². The highest BCUT2D eigenvalue weighted by Gasteiger charge is 2.49. The molecule has 1 nitrogen and oxygen atoms in total. The van der Waals surface area contributed by atoms with Crippen molar-refractivity contribution in [3.8, 4) is 0 Å². The molecular weight excluding hydrogens is 304 g/mol. The summed E-state index contributed by atoms with van der Waals surface area (Å²) in [6.45, 7) is 4.75. The van der Waals surface area contributed by atoms with Crippen molar-refractivity contribution in [1.82, 2.24) is 0 Å². The van der Waals surface area contributed by atoms with Gasteiger partial charge in [0.15, 0.2) is 0 Å². The lowest BCUT2D eigenvalue weighted by Crippen LogP contribution is -2.38. The number of hydrogen-bond acceptors (Lipinski definition) is 1. The van der Waals surface area contributed by atoms with Crippen molar-refractivity contribution in [2.75, 3.05) is 0 Å². The molecule has 0 N–H and O–H groups in total. The summed E-state index contributed by atoms with van der Waals surface area (Å²) in [5.41, 5.74) is 2.49. The monoisotopic (exact) mass is 334 g/mol. The fourth-order valence-corrected chi connectivity index (χ4v) is 5.18. The Morgan fingerprint density at radius 3 is 1.40 bits per heavy atom. The summed E-state index contributed by atoms with van der Waals surface area (Å²) in [6, 6.07) is 22.0. The predicted molar refractivity (Wildman–Crippen MR) is 103 cm³/mol. The normalized spacial score (nSPS) is 35.1. The number of ether oxygens (including phenoxy) is 1. The van der Waals surface area contributed by atoms with E-state index < -0.39 is 0 Å². The second-order valence-electron chi connectivity index (χ2n) is 8.52. The molecule has 2 saturated carbocycles. The first kappa shape index (κ1) is 16.8. The van der Waals surface area contributed by atoms with Gasteiger partial charge < -0.3 is 4.74 Å². The number of hydrogen-bond donors (Lipinski definition) is 0. The summed E-state index contributed by atoms with van der Waals surface area (Å²) in [5.74, 6) is 1.46. The maximum atomic E-state index is 7.26. The van der Waals surface area contributed by atoms with Crippen molar-refractivity contribution < 1.29 is 4.74 Å². The van der Waals surface area contributed by atoms with E-state index in [9.17, 15) is 0 Å². The molecular formula is C24H30O. The van der Waals surface area contributed by atoms with Gasteiger partial charge in [-0.25, -0.2) is 0 Å². The van der Waals surface area contributed by atoms with Gasteiger partial charge in [0, 0.05) is 0 Å². The zero-order chi connectivity index (χ0) is 17.3. The minimum Gasteiger partial charge on any atom is -0.359 e. The van der Waals surface area contributed by atoms with Crippen LogP contribution in [0.2, 0.25) is 0 Å². The Balaban J connectivity index is 1.75. The Bertz CT molecular complexity index is 633. The molecule has 0 aliphatic heterocycles. The van der Waals surface area contributed by atoms with E-state index in [2.05, 4.69) is 74.5 Å². The Morgan fingerprint density at radius 2 is 1.08 bits per heavy atom. The van der Waals surface area contributed by atoms with Crippen LogP contribution in [0.1, 0.15) is 63.5 Å². The van der Waals surface area contributed by atoms with Crippen LogP contribution in [0.4, 0.5) is 0 Å². The molecule has 2 fully saturated rings. The SMILES string of the molecule is CC1CCC(OC2(c3ccccc3)CCC(C)C2)(c2ccccc2)C1. The molecule has 0 amide bonds. The van der Waals surface area contributed by atoms with Gasteiger partial charge in [-0.1, -0.05) is 74.5 Å². The van der Waals surface area contributed by atoms with E-state index in [-0.39, 0.29) is 11.2 Å². The number of rotatable bonds is 4. The van der Waals surface area contributed by atoms with Crippen molar-refractivity contribution >= 4 is 0 Å². The molecule has 0 spiro atoms. The van der Waals surface area contributed by atoms with Crippen LogP contribution in [0.3, 0.4) is 0 Å². The van der Waals surface area contributed by atoms with Gasteiger partial charge in [0.25, 0.3) is 0 Å². The summed E-state index contributed by atoms with van der Waals surface area (Å²) in [6.07, 6.45) is 7.08. The van der Waals surface area contributed by atoms with Crippen LogP contribution in [0.5, 0.6) is 0 Å². The Morgan fingerprint density at radius 1 is 0.680 bits per heavy atom. The zero-order valence-electron chi connectivity index (χ0n) is 15.6. The molecule has 2 aliphatic rings. The first-order chi connectivity index (χ1) is 12.1. The molecule has 1 heteroatoms. The van der Waals surface area contributed by atoms with Gasteiger partial charge in [-0.2, -0.15) is 0 Å². The molecule has 4 rings (SSSR count). The largest absolute Gasteiger partial charge is 0.359 e. The van der Waals surface area contributed by atoms with E-state index in [0.717, 1.165) is 37.5 Å². The lowest BCUT2D eigenvalue weighted by molar-refractivity contribution is -0.166. The predicted octanol–water partition coefficient (Wildman–Crippen LogP) is 6.43. The van der Waals surface area contributed by atoms with Gasteiger partial charge in [-0.05, 0) is 61.5 Å². The van der Waals surface area contributed by atoms with Crippen LogP contribution >= 0.6 is 0 Å².